The maximum atomic E-state index is 11.0. The van der Waals surface area contributed by atoms with E-state index in [1.807, 2.05) is 23.1 Å². The Bertz CT molecular complexity index is 423. The lowest BCUT2D eigenvalue weighted by Gasteiger charge is -2.24. The zero-order valence-corrected chi connectivity index (χ0v) is 10.0. The van der Waals surface area contributed by atoms with Gasteiger partial charge in [-0.2, -0.15) is 5.26 Å². The number of anilines is 1. The largest absolute Gasteiger partial charge is 0.368 e. The second-order valence-corrected chi connectivity index (χ2v) is 3.87. The van der Waals surface area contributed by atoms with Gasteiger partial charge >= 0.3 is 0 Å². The minimum atomic E-state index is -0.381. The molecular weight excluding hydrogens is 214 g/mol. The van der Waals surface area contributed by atoms with Gasteiger partial charge < -0.3 is 10.6 Å². The average molecular weight is 231 g/mol. The summed E-state index contributed by atoms with van der Waals surface area (Å²) in [7, 11) is 0. The standard InChI is InChI=1S/C13H17N3O/c1-2-3-8-16(10-13(15)17)12-7-5-4-6-11(12)9-14/h4-7H,2-3,8,10H2,1H3,(H2,15,17). The first-order chi connectivity index (χ1) is 8.19. The van der Waals surface area contributed by atoms with Crippen molar-refractivity contribution in [3.05, 3.63) is 29.8 Å². The van der Waals surface area contributed by atoms with Crippen LogP contribution in [0.3, 0.4) is 0 Å². The molecule has 90 valence electrons. The Morgan fingerprint density at radius 3 is 2.76 bits per heavy atom. The van der Waals surface area contributed by atoms with Crippen molar-refractivity contribution in [2.45, 2.75) is 19.8 Å². The van der Waals surface area contributed by atoms with Gasteiger partial charge in [0.1, 0.15) is 6.07 Å². The normalized spacial score (nSPS) is 9.65. The number of amides is 1. The predicted molar refractivity (Wildman–Crippen MR) is 67.5 cm³/mol. The first-order valence-electron chi connectivity index (χ1n) is 5.71. The Balaban J connectivity index is 2.95. The quantitative estimate of drug-likeness (QED) is 0.809. The lowest BCUT2D eigenvalue weighted by molar-refractivity contribution is -0.116. The van der Waals surface area contributed by atoms with Crippen LogP contribution >= 0.6 is 0 Å². The molecule has 0 saturated heterocycles. The summed E-state index contributed by atoms with van der Waals surface area (Å²) in [5.74, 6) is -0.381. The average Bonchev–Trinajstić information content (AvgIpc) is 2.34. The topological polar surface area (TPSA) is 70.1 Å². The van der Waals surface area contributed by atoms with Crippen molar-refractivity contribution in [1.29, 1.82) is 5.26 Å². The highest BCUT2D eigenvalue weighted by atomic mass is 16.1. The Morgan fingerprint density at radius 2 is 2.18 bits per heavy atom. The molecule has 0 spiro atoms. The number of primary amides is 1. The smallest absolute Gasteiger partial charge is 0.236 e. The number of unbranched alkanes of at least 4 members (excludes halogenated alkanes) is 1. The summed E-state index contributed by atoms with van der Waals surface area (Å²) in [4.78, 5) is 12.9. The fourth-order valence-electron chi connectivity index (χ4n) is 1.67. The van der Waals surface area contributed by atoms with E-state index < -0.39 is 0 Å². The van der Waals surface area contributed by atoms with Crippen LogP contribution in [-0.2, 0) is 4.79 Å². The molecule has 1 rings (SSSR count). The van der Waals surface area contributed by atoms with Gasteiger partial charge in [-0.1, -0.05) is 25.5 Å². The Kier molecular flexibility index (Phi) is 5.02. The van der Waals surface area contributed by atoms with Gasteiger partial charge in [0.15, 0.2) is 0 Å². The van der Waals surface area contributed by atoms with Crippen molar-refractivity contribution >= 4 is 11.6 Å². The SMILES string of the molecule is CCCCN(CC(N)=O)c1ccccc1C#N. The number of hydrogen-bond donors (Lipinski definition) is 1. The van der Waals surface area contributed by atoms with E-state index in [9.17, 15) is 4.79 Å². The van der Waals surface area contributed by atoms with Crippen LogP contribution in [0.4, 0.5) is 5.69 Å². The van der Waals surface area contributed by atoms with Gasteiger partial charge in [0.25, 0.3) is 0 Å². The minimum Gasteiger partial charge on any atom is -0.368 e. The molecule has 0 aromatic heterocycles. The summed E-state index contributed by atoms with van der Waals surface area (Å²) in [6.45, 7) is 2.97. The molecule has 0 radical (unpaired) electrons. The number of nitriles is 1. The minimum absolute atomic E-state index is 0.151. The summed E-state index contributed by atoms with van der Waals surface area (Å²) in [6.07, 6.45) is 2.00. The lowest BCUT2D eigenvalue weighted by Crippen LogP contribution is -2.35. The molecule has 17 heavy (non-hydrogen) atoms. The molecule has 0 aliphatic heterocycles. The molecule has 1 aromatic carbocycles. The van der Waals surface area contributed by atoms with Crippen LogP contribution in [0.15, 0.2) is 24.3 Å². The van der Waals surface area contributed by atoms with Crippen LogP contribution in [0.5, 0.6) is 0 Å². The van der Waals surface area contributed by atoms with Crippen LogP contribution in [0.25, 0.3) is 0 Å². The molecule has 1 amide bonds. The van der Waals surface area contributed by atoms with E-state index in [-0.39, 0.29) is 12.5 Å². The van der Waals surface area contributed by atoms with Gasteiger partial charge in [-0.05, 0) is 18.6 Å². The number of benzene rings is 1. The number of para-hydroxylation sites is 1. The van der Waals surface area contributed by atoms with E-state index in [2.05, 4.69) is 13.0 Å². The molecule has 2 N–H and O–H groups in total. The van der Waals surface area contributed by atoms with E-state index in [4.69, 9.17) is 11.0 Å². The molecular formula is C13H17N3O. The third kappa shape index (κ3) is 3.80. The number of carbonyl (C=O) groups is 1. The zero-order chi connectivity index (χ0) is 12.7. The molecule has 0 aliphatic carbocycles. The summed E-state index contributed by atoms with van der Waals surface area (Å²) >= 11 is 0. The van der Waals surface area contributed by atoms with Crippen molar-refractivity contribution in [3.63, 3.8) is 0 Å². The highest BCUT2D eigenvalue weighted by molar-refractivity contribution is 5.80. The second-order valence-electron chi connectivity index (χ2n) is 3.87. The molecule has 0 saturated carbocycles. The first kappa shape index (κ1) is 13.0. The summed E-state index contributed by atoms with van der Waals surface area (Å²) in [5, 5.41) is 9.03. The van der Waals surface area contributed by atoms with Crippen molar-refractivity contribution in [1.82, 2.24) is 0 Å². The van der Waals surface area contributed by atoms with Crippen molar-refractivity contribution < 1.29 is 4.79 Å². The van der Waals surface area contributed by atoms with Gasteiger partial charge in [0.2, 0.25) is 5.91 Å². The molecule has 1 aromatic rings. The Labute approximate surface area is 102 Å². The van der Waals surface area contributed by atoms with Gasteiger partial charge in [-0.3, -0.25) is 4.79 Å². The molecule has 0 unspecified atom stereocenters. The highest BCUT2D eigenvalue weighted by Gasteiger charge is 2.12. The van der Waals surface area contributed by atoms with Crippen molar-refractivity contribution in [2.75, 3.05) is 18.0 Å². The molecule has 4 nitrogen and oxygen atoms in total. The Morgan fingerprint density at radius 1 is 1.47 bits per heavy atom. The first-order valence-corrected chi connectivity index (χ1v) is 5.71. The van der Waals surface area contributed by atoms with Crippen LogP contribution in [0, 0.1) is 11.3 Å². The zero-order valence-electron chi connectivity index (χ0n) is 10.0. The van der Waals surface area contributed by atoms with Gasteiger partial charge in [0, 0.05) is 6.54 Å². The molecule has 0 atom stereocenters. The Hall–Kier alpha value is -2.02. The van der Waals surface area contributed by atoms with E-state index in [0.29, 0.717) is 5.56 Å². The predicted octanol–water partition coefficient (Wildman–Crippen LogP) is 1.65. The van der Waals surface area contributed by atoms with Crippen molar-refractivity contribution in [2.24, 2.45) is 5.73 Å². The number of rotatable bonds is 6. The lowest BCUT2D eigenvalue weighted by atomic mass is 10.1. The third-order valence-corrected chi connectivity index (χ3v) is 2.49. The van der Waals surface area contributed by atoms with Crippen molar-refractivity contribution in [3.8, 4) is 6.07 Å². The third-order valence-electron chi connectivity index (χ3n) is 2.49. The second kappa shape index (κ2) is 6.54. The molecule has 0 heterocycles. The maximum Gasteiger partial charge on any atom is 0.236 e. The fourth-order valence-corrected chi connectivity index (χ4v) is 1.67. The van der Waals surface area contributed by atoms with E-state index in [1.165, 1.54) is 0 Å². The summed E-state index contributed by atoms with van der Waals surface area (Å²) in [6, 6.07) is 9.39. The van der Waals surface area contributed by atoms with Gasteiger partial charge in [0.05, 0.1) is 17.8 Å². The highest BCUT2D eigenvalue weighted by Crippen LogP contribution is 2.19. The summed E-state index contributed by atoms with van der Waals surface area (Å²) in [5.41, 5.74) is 6.58. The van der Waals surface area contributed by atoms with Crippen LogP contribution < -0.4 is 10.6 Å². The molecule has 0 fully saturated rings. The number of nitrogens with two attached hydrogens (primary N) is 1. The molecule has 0 aliphatic rings. The van der Waals surface area contributed by atoms with E-state index in [0.717, 1.165) is 25.1 Å². The molecule has 4 heteroatoms. The number of carbonyl (C=O) groups excluding carboxylic acids is 1. The van der Waals surface area contributed by atoms with E-state index >= 15 is 0 Å². The van der Waals surface area contributed by atoms with Crippen LogP contribution in [-0.4, -0.2) is 19.0 Å². The van der Waals surface area contributed by atoms with Crippen LogP contribution in [0.1, 0.15) is 25.3 Å². The summed E-state index contributed by atoms with van der Waals surface area (Å²) < 4.78 is 0. The number of nitrogens with zero attached hydrogens (tertiary/aromatic N) is 2. The van der Waals surface area contributed by atoms with Gasteiger partial charge in [-0.15, -0.1) is 0 Å². The van der Waals surface area contributed by atoms with Crippen LogP contribution in [0.2, 0.25) is 0 Å². The van der Waals surface area contributed by atoms with Gasteiger partial charge in [-0.25, -0.2) is 0 Å². The fraction of sp³-hybridized carbons (Fsp3) is 0.385. The monoisotopic (exact) mass is 231 g/mol. The maximum absolute atomic E-state index is 11.0. The number of hydrogen-bond acceptors (Lipinski definition) is 3. The molecule has 0 bridgehead atoms. The van der Waals surface area contributed by atoms with E-state index in [1.54, 1.807) is 6.07 Å².